The van der Waals surface area contributed by atoms with E-state index < -0.39 is 0 Å². The molecule has 9 rings (SSSR count). The second-order valence-corrected chi connectivity index (χ2v) is 12.6. The van der Waals surface area contributed by atoms with Crippen LogP contribution in [0.3, 0.4) is 0 Å². The molecule has 0 aliphatic heterocycles. The smallest absolute Gasteiger partial charge is 0.159 e. The zero-order valence-corrected chi connectivity index (χ0v) is 26.0. The highest BCUT2D eigenvalue weighted by atomic mass is 14.9. The molecule has 0 fully saturated rings. The molecule has 4 aromatic heterocycles. The van der Waals surface area contributed by atoms with Gasteiger partial charge in [0, 0.05) is 62.6 Å². The summed E-state index contributed by atoms with van der Waals surface area (Å²) in [6.45, 7) is 4.48. The van der Waals surface area contributed by atoms with E-state index in [9.17, 15) is 0 Å². The van der Waals surface area contributed by atoms with Gasteiger partial charge in [-0.2, -0.15) is 0 Å². The van der Waals surface area contributed by atoms with Crippen molar-refractivity contribution in [2.45, 2.75) is 19.3 Å². The third kappa shape index (κ3) is 4.43. The summed E-state index contributed by atoms with van der Waals surface area (Å²) in [6.07, 6.45) is 5.67. The van der Waals surface area contributed by atoms with Crippen molar-refractivity contribution in [2.24, 2.45) is 0 Å². The predicted octanol–water partition coefficient (Wildman–Crippen LogP) is 9.94. The fraction of sp³-hybridized carbons (Fsp3) is 0.0714. The average molecular weight is 604 g/mol. The number of hydrogen-bond acceptors (Lipinski definition) is 5. The minimum atomic E-state index is -0.183. The number of benzene rings is 4. The van der Waals surface area contributed by atoms with Gasteiger partial charge >= 0.3 is 0 Å². The van der Waals surface area contributed by atoms with Crippen LogP contribution in [0.25, 0.3) is 78.0 Å². The van der Waals surface area contributed by atoms with E-state index >= 15 is 0 Å². The highest BCUT2D eigenvalue weighted by molar-refractivity contribution is 5.97. The van der Waals surface area contributed by atoms with Crippen LogP contribution in [0.1, 0.15) is 25.1 Å². The Bertz CT molecular complexity index is 2390. The summed E-state index contributed by atoms with van der Waals surface area (Å²) in [6, 6.07) is 42.0. The molecule has 4 aromatic carbocycles. The van der Waals surface area contributed by atoms with Gasteiger partial charge in [0.15, 0.2) is 5.82 Å². The third-order valence-electron chi connectivity index (χ3n) is 9.39. The maximum Gasteiger partial charge on any atom is 0.159 e. The van der Waals surface area contributed by atoms with Gasteiger partial charge in [-0.05, 0) is 41.0 Å². The molecule has 0 amide bonds. The molecule has 5 heteroatoms. The minimum absolute atomic E-state index is 0.183. The van der Waals surface area contributed by atoms with Crippen molar-refractivity contribution in [1.29, 1.82) is 0 Å². The first kappa shape index (κ1) is 27.3. The van der Waals surface area contributed by atoms with Crippen molar-refractivity contribution in [3.8, 4) is 56.2 Å². The van der Waals surface area contributed by atoms with Gasteiger partial charge in [0.2, 0.25) is 0 Å². The summed E-state index contributed by atoms with van der Waals surface area (Å²) < 4.78 is 0. The third-order valence-corrected chi connectivity index (χ3v) is 9.39. The molecule has 0 N–H and O–H groups in total. The first-order valence-electron chi connectivity index (χ1n) is 15.8. The van der Waals surface area contributed by atoms with Gasteiger partial charge < -0.3 is 0 Å². The van der Waals surface area contributed by atoms with Crippen molar-refractivity contribution >= 4 is 21.8 Å². The van der Waals surface area contributed by atoms with Gasteiger partial charge in [-0.25, -0.2) is 15.0 Å². The van der Waals surface area contributed by atoms with Gasteiger partial charge in [0.25, 0.3) is 0 Å². The molecule has 4 heterocycles. The Morgan fingerprint density at radius 3 is 1.85 bits per heavy atom. The van der Waals surface area contributed by atoms with E-state index in [1.54, 1.807) is 0 Å². The first-order chi connectivity index (χ1) is 23.0. The highest BCUT2D eigenvalue weighted by Crippen LogP contribution is 2.47. The topological polar surface area (TPSA) is 64.5 Å². The number of pyridine rings is 3. The van der Waals surface area contributed by atoms with Crippen LogP contribution in [0.15, 0.2) is 140 Å². The molecule has 0 saturated carbocycles. The predicted molar refractivity (Wildman–Crippen MR) is 190 cm³/mol. The van der Waals surface area contributed by atoms with Crippen LogP contribution in [0.2, 0.25) is 0 Å². The molecule has 47 heavy (non-hydrogen) atoms. The maximum absolute atomic E-state index is 5.23. The molecule has 1 aliphatic rings. The summed E-state index contributed by atoms with van der Waals surface area (Å²) in [5.41, 5.74) is 13.2. The maximum atomic E-state index is 5.23. The molecule has 0 atom stereocenters. The minimum Gasteiger partial charge on any atom is -0.256 e. The molecule has 0 unspecified atom stereocenters. The normalized spacial score (nSPS) is 13.1. The largest absolute Gasteiger partial charge is 0.256 e. The lowest BCUT2D eigenvalue weighted by atomic mass is 9.85. The highest BCUT2D eigenvalue weighted by Gasteiger charge is 2.37. The zero-order valence-electron chi connectivity index (χ0n) is 26.0. The standard InChI is InChI=1S/C42H29N5/c1-42(2)35-16-4-3-13-32(35)34-25-45-41(47-40(34)42)29-19-17-26(18-20-29)36-23-30(31-14-5-9-27-11-7-21-43-38(27)31)24-37(46-36)33-15-6-10-28-12-8-22-44-39(28)33/h3-25H,1-2H3. The van der Waals surface area contributed by atoms with Crippen LogP contribution >= 0.6 is 0 Å². The summed E-state index contributed by atoms with van der Waals surface area (Å²) in [4.78, 5) is 24.7. The Kier molecular flexibility index (Phi) is 6.09. The second kappa shape index (κ2) is 10.5. The number of fused-ring (bicyclic) bond motifs is 5. The number of rotatable bonds is 4. The molecule has 5 nitrogen and oxygen atoms in total. The van der Waals surface area contributed by atoms with E-state index in [0.717, 1.165) is 78.1 Å². The molecular weight excluding hydrogens is 574 g/mol. The molecule has 222 valence electrons. The van der Waals surface area contributed by atoms with Crippen LogP contribution in [-0.4, -0.2) is 24.9 Å². The molecule has 8 aromatic rings. The molecule has 0 bridgehead atoms. The van der Waals surface area contributed by atoms with Crippen LogP contribution in [0, 0.1) is 0 Å². The van der Waals surface area contributed by atoms with Crippen molar-refractivity contribution < 1.29 is 0 Å². The summed E-state index contributed by atoms with van der Waals surface area (Å²) in [5, 5.41) is 2.18. The van der Waals surface area contributed by atoms with Gasteiger partial charge in [0.05, 0.1) is 28.1 Å². The Morgan fingerprint density at radius 2 is 1.09 bits per heavy atom. The Balaban J connectivity index is 1.17. The van der Waals surface area contributed by atoms with E-state index in [4.69, 9.17) is 24.9 Å². The molecule has 0 spiro atoms. The molecule has 1 aliphatic carbocycles. The average Bonchev–Trinajstić information content (AvgIpc) is 3.36. The number of aromatic nitrogens is 5. The summed E-state index contributed by atoms with van der Waals surface area (Å²) in [7, 11) is 0. The zero-order chi connectivity index (χ0) is 31.5. The molecule has 0 radical (unpaired) electrons. The summed E-state index contributed by atoms with van der Waals surface area (Å²) in [5.74, 6) is 0.724. The van der Waals surface area contributed by atoms with Crippen molar-refractivity contribution in [3.63, 3.8) is 0 Å². The lowest BCUT2D eigenvalue weighted by Gasteiger charge is -2.20. The van der Waals surface area contributed by atoms with Gasteiger partial charge in [0.1, 0.15) is 0 Å². The van der Waals surface area contributed by atoms with E-state index in [1.165, 1.54) is 11.1 Å². The van der Waals surface area contributed by atoms with E-state index in [0.29, 0.717) is 0 Å². The number of hydrogen-bond donors (Lipinski definition) is 0. The van der Waals surface area contributed by atoms with E-state index in [1.807, 2.05) is 30.7 Å². The number of nitrogens with zero attached hydrogens (tertiary/aromatic N) is 5. The SMILES string of the molecule is CC1(C)c2ccccc2-c2cnc(-c3ccc(-c4cc(-c5cccc6cccnc56)cc(-c5cccc6cccnc56)n4)cc3)nc21. The fourth-order valence-electron chi connectivity index (χ4n) is 7.00. The molecular formula is C42H29N5. The van der Waals surface area contributed by atoms with Gasteiger partial charge in [-0.3, -0.25) is 9.97 Å². The van der Waals surface area contributed by atoms with E-state index in [2.05, 4.69) is 123 Å². The van der Waals surface area contributed by atoms with Crippen LogP contribution < -0.4 is 0 Å². The monoisotopic (exact) mass is 603 g/mol. The van der Waals surface area contributed by atoms with Crippen molar-refractivity contribution in [3.05, 3.63) is 151 Å². The summed E-state index contributed by atoms with van der Waals surface area (Å²) >= 11 is 0. The molecule has 0 saturated heterocycles. The van der Waals surface area contributed by atoms with Crippen LogP contribution in [-0.2, 0) is 5.41 Å². The van der Waals surface area contributed by atoms with Crippen molar-refractivity contribution in [1.82, 2.24) is 24.9 Å². The van der Waals surface area contributed by atoms with Crippen LogP contribution in [0.4, 0.5) is 0 Å². The number of para-hydroxylation sites is 2. The lowest BCUT2D eigenvalue weighted by molar-refractivity contribution is 0.636. The first-order valence-corrected chi connectivity index (χ1v) is 15.8. The van der Waals surface area contributed by atoms with Gasteiger partial charge in [-0.1, -0.05) is 111 Å². The quantitative estimate of drug-likeness (QED) is 0.200. The van der Waals surface area contributed by atoms with E-state index in [-0.39, 0.29) is 5.41 Å². The van der Waals surface area contributed by atoms with Gasteiger partial charge in [-0.15, -0.1) is 0 Å². The Hall–Kier alpha value is -6.07. The Labute approximate surface area is 272 Å². The van der Waals surface area contributed by atoms with Crippen LogP contribution in [0.5, 0.6) is 0 Å². The van der Waals surface area contributed by atoms with Crippen molar-refractivity contribution in [2.75, 3.05) is 0 Å². The fourth-order valence-corrected chi connectivity index (χ4v) is 7.00. The second-order valence-electron chi connectivity index (χ2n) is 12.6. The Morgan fingerprint density at radius 1 is 0.468 bits per heavy atom. The lowest BCUT2D eigenvalue weighted by Crippen LogP contribution is -2.17.